The normalized spacial score (nSPS) is 19.9. The molecule has 1 unspecified atom stereocenters. The van der Waals surface area contributed by atoms with Crippen LogP contribution in [-0.2, 0) is 11.8 Å². The lowest BCUT2D eigenvalue weighted by Gasteiger charge is -2.11. The minimum absolute atomic E-state index is 0.174. The predicted molar refractivity (Wildman–Crippen MR) is 59.8 cm³/mol. The topological polar surface area (TPSA) is 76.1 Å². The Morgan fingerprint density at radius 3 is 3.06 bits per heavy atom. The Hall–Kier alpha value is -1.56. The first-order valence-electron chi connectivity index (χ1n) is 5.32. The smallest absolute Gasteiger partial charge is 0.329 e. The van der Waals surface area contributed by atoms with E-state index in [0.717, 1.165) is 24.0 Å². The third-order valence-corrected chi connectivity index (χ3v) is 2.69. The third kappa shape index (κ3) is 2.33. The number of rotatable bonds is 3. The van der Waals surface area contributed by atoms with Crippen molar-refractivity contribution in [2.24, 2.45) is 7.05 Å². The number of hydrogen-bond donors (Lipinski definition) is 2. The van der Waals surface area contributed by atoms with Crippen LogP contribution in [0.1, 0.15) is 12.8 Å². The van der Waals surface area contributed by atoms with E-state index >= 15 is 0 Å². The van der Waals surface area contributed by atoms with Crippen LogP contribution in [-0.4, -0.2) is 28.8 Å². The zero-order chi connectivity index (χ0) is 11.5. The predicted octanol–water partition coefficient (Wildman–Crippen LogP) is -0.336. The van der Waals surface area contributed by atoms with Gasteiger partial charge in [-0.15, -0.1) is 0 Å². The molecule has 6 heteroatoms. The summed E-state index contributed by atoms with van der Waals surface area (Å²) in [6, 6.07) is 1.37. The molecule has 6 nitrogen and oxygen atoms in total. The Bertz CT molecular complexity index is 440. The molecule has 1 aliphatic rings. The molecule has 2 N–H and O–H groups in total. The van der Waals surface area contributed by atoms with E-state index in [4.69, 9.17) is 4.74 Å². The van der Waals surface area contributed by atoms with Crippen molar-refractivity contribution in [1.29, 1.82) is 0 Å². The number of nitrogens with one attached hydrogen (secondary N) is 2. The number of H-pyrrole nitrogens is 1. The van der Waals surface area contributed by atoms with Gasteiger partial charge in [0.15, 0.2) is 0 Å². The SMILES string of the molecule is Cn1c(=O)cc(NCC2CCCO2)[nH]c1=O. The third-order valence-electron chi connectivity index (χ3n) is 2.69. The van der Waals surface area contributed by atoms with Gasteiger partial charge < -0.3 is 10.1 Å². The van der Waals surface area contributed by atoms with Crippen LogP contribution >= 0.6 is 0 Å². The van der Waals surface area contributed by atoms with Crippen molar-refractivity contribution in [2.75, 3.05) is 18.5 Å². The van der Waals surface area contributed by atoms with Crippen LogP contribution in [0.5, 0.6) is 0 Å². The van der Waals surface area contributed by atoms with Crippen LogP contribution in [0, 0.1) is 0 Å². The Kier molecular flexibility index (Phi) is 3.09. The van der Waals surface area contributed by atoms with Crippen LogP contribution < -0.4 is 16.6 Å². The van der Waals surface area contributed by atoms with Crippen LogP contribution in [0.4, 0.5) is 5.82 Å². The molecule has 88 valence electrons. The summed E-state index contributed by atoms with van der Waals surface area (Å²) in [5, 5.41) is 3.00. The fourth-order valence-electron chi connectivity index (χ4n) is 1.68. The monoisotopic (exact) mass is 225 g/mol. The van der Waals surface area contributed by atoms with Gasteiger partial charge in [-0.05, 0) is 12.8 Å². The first-order chi connectivity index (χ1) is 7.66. The lowest BCUT2D eigenvalue weighted by atomic mass is 10.2. The molecular formula is C10H15N3O3. The lowest BCUT2D eigenvalue weighted by molar-refractivity contribution is 0.120. The quantitative estimate of drug-likeness (QED) is 0.738. The van der Waals surface area contributed by atoms with Crippen LogP contribution in [0.2, 0.25) is 0 Å². The van der Waals surface area contributed by atoms with E-state index in [-0.39, 0.29) is 11.7 Å². The molecule has 1 aromatic rings. The molecule has 1 fully saturated rings. The van der Waals surface area contributed by atoms with Crippen molar-refractivity contribution < 1.29 is 4.74 Å². The maximum Gasteiger partial charge on any atom is 0.329 e. The second-order valence-electron chi connectivity index (χ2n) is 3.90. The molecule has 1 aromatic heterocycles. The highest BCUT2D eigenvalue weighted by atomic mass is 16.5. The van der Waals surface area contributed by atoms with E-state index in [0.29, 0.717) is 12.4 Å². The number of aromatic amines is 1. The van der Waals surface area contributed by atoms with E-state index in [2.05, 4.69) is 10.3 Å². The molecule has 0 aromatic carbocycles. The van der Waals surface area contributed by atoms with Crippen molar-refractivity contribution >= 4 is 5.82 Å². The molecule has 0 radical (unpaired) electrons. The number of anilines is 1. The highest BCUT2D eigenvalue weighted by Crippen LogP contribution is 2.11. The van der Waals surface area contributed by atoms with E-state index < -0.39 is 5.69 Å². The van der Waals surface area contributed by atoms with Gasteiger partial charge in [0.1, 0.15) is 5.82 Å². The number of aromatic nitrogens is 2. The second kappa shape index (κ2) is 4.52. The fourth-order valence-corrected chi connectivity index (χ4v) is 1.68. The fraction of sp³-hybridized carbons (Fsp3) is 0.600. The van der Waals surface area contributed by atoms with E-state index in [1.54, 1.807) is 0 Å². The van der Waals surface area contributed by atoms with Gasteiger partial charge in [-0.3, -0.25) is 14.3 Å². The van der Waals surface area contributed by atoms with Crippen molar-refractivity contribution in [2.45, 2.75) is 18.9 Å². The molecular weight excluding hydrogens is 210 g/mol. The number of ether oxygens (including phenoxy) is 1. The minimum Gasteiger partial charge on any atom is -0.376 e. The molecule has 0 saturated carbocycles. The van der Waals surface area contributed by atoms with E-state index in [1.807, 2.05) is 0 Å². The summed E-state index contributed by atoms with van der Waals surface area (Å²) >= 11 is 0. The minimum atomic E-state index is -0.414. The van der Waals surface area contributed by atoms with Crippen LogP contribution in [0.25, 0.3) is 0 Å². The van der Waals surface area contributed by atoms with Crippen LogP contribution in [0.15, 0.2) is 15.7 Å². The largest absolute Gasteiger partial charge is 0.376 e. The average Bonchev–Trinajstić information content (AvgIpc) is 2.75. The van der Waals surface area contributed by atoms with Gasteiger partial charge in [-0.25, -0.2) is 4.79 Å². The molecule has 2 rings (SSSR count). The van der Waals surface area contributed by atoms with Crippen molar-refractivity contribution in [3.05, 3.63) is 26.9 Å². The molecule has 16 heavy (non-hydrogen) atoms. The van der Waals surface area contributed by atoms with E-state index in [9.17, 15) is 9.59 Å². The van der Waals surface area contributed by atoms with Gasteiger partial charge in [0.25, 0.3) is 5.56 Å². The highest BCUT2D eigenvalue weighted by Gasteiger charge is 2.15. The summed E-state index contributed by atoms with van der Waals surface area (Å²) < 4.78 is 6.45. The van der Waals surface area contributed by atoms with E-state index in [1.165, 1.54) is 13.1 Å². The highest BCUT2D eigenvalue weighted by molar-refractivity contribution is 5.31. The Morgan fingerprint density at radius 1 is 1.62 bits per heavy atom. The summed E-state index contributed by atoms with van der Waals surface area (Å²) in [6.45, 7) is 1.41. The van der Waals surface area contributed by atoms with Gasteiger partial charge in [-0.2, -0.15) is 0 Å². The van der Waals surface area contributed by atoms with Crippen LogP contribution in [0.3, 0.4) is 0 Å². The molecule has 1 aliphatic heterocycles. The molecule has 0 bridgehead atoms. The van der Waals surface area contributed by atoms with Crippen molar-refractivity contribution in [3.63, 3.8) is 0 Å². The Morgan fingerprint density at radius 2 is 2.44 bits per heavy atom. The zero-order valence-corrected chi connectivity index (χ0v) is 9.16. The first-order valence-corrected chi connectivity index (χ1v) is 5.32. The molecule has 0 aliphatic carbocycles. The summed E-state index contributed by atoms with van der Waals surface area (Å²) in [4.78, 5) is 25.2. The summed E-state index contributed by atoms with van der Waals surface area (Å²) in [6.07, 6.45) is 2.26. The van der Waals surface area contributed by atoms with Gasteiger partial charge in [0, 0.05) is 26.3 Å². The van der Waals surface area contributed by atoms with Crippen molar-refractivity contribution in [1.82, 2.24) is 9.55 Å². The molecule has 1 atom stereocenters. The average molecular weight is 225 g/mol. The maximum absolute atomic E-state index is 11.3. The lowest BCUT2D eigenvalue weighted by Crippen LogP contribution is -2.33. The standard InChI is InChI=1S/C10H15N3O3/c1-13-9(14)5-8(12-10(13)15)11-6-7-3-2-4-16-7/h5,7,11H,2-4,6H2,1H3,(H,12,15). The first kappa shape index (κ1) is 10.9. The molecule has 1 saturated heterocycles. The summed E-state index contributed by atoms with van der Waals surface area (Å²) in [5.74, 6) is 0.448. The Balaban J connectivity index is 2.04. The second-order valence-corrected chi connectivity index (χ2v) is 3.90. The molecule has 2 heterocycles. The van der Waals surface area contributed by atoms with Gasteiger partial charge >= 0.3 is 5.69 Å². The van der Waals surface area contributed by atoms with Gasteiger partial charge in [-0.1, -0.05) is 0 Å². The van der Waals surface area contributed by atoms with Gasteiger partial charge in [0.2, 0.25) is 0 Å². The zero-order valence-electron chi connectivity index (χ0n) is 9.16. The summed E-state index contributed by atoms with van der Waals surface area (Å²) in [5.41, 5.74) is -0.735. The number of hydrogen-bond acceptors (Lipinski definition) is 4. The van der Waals surface area contributed by atoms with Crippen molar-refractivity contribution in [3.8, 4) is 0 Å². The maximum atomic E-state index is 11.3. The summed E-state index contributed by atoms with van der Waals surface area (Å²) in [7, 11) is 1.44. The van der Waals surface area contributed by atoms with Gasteiger partial charge in [0.05, 0.1) is 6.10 Å². The molecule has 0 spiro atoms. The number of nitrogens with zero attached hydrogens (tertiary/aromatic N) is 1. The Labute approximate surface area is 92.3 Å². The molecule has 0 amide bonds.